The average Bonchev–Trinajstić information content (AvgIpc) is 2.89. The van der Waals surface area contributed by atoms with Crippen LogP contribution in [-0.2, 0) is 13.5 Å². The van der Waals surface area contributed by atoms with Crippen LogP contribution in [0.25, 0.3) is 0 Å². The summed E-state index contributed by atoms with van der Waals surface area (Å²) in [7, 11) is 2.01. The minimum absolute atomic E-state index is 0.744. The summed E-state index contributed by atoms with van der Waals surface area (Å²) in [4.78, 5) is 0. The first-order valence-electron chi connectivity index (χ1n) is 5.84. The third-order valence-corrected chi connectivity index (χ3v) is 4.67. The number of hydrogen-bond acceptors (Lipinski definition) is 2. The van der Waals surface area contributed by atoms with Crippen molar-refractivity contribution < 1.29 is 0 Å². The van der Waals surface area contributed by atoms with Gasteiger partial charge in [-0.2, -0.15) is 5.10 Å². The van der Waals surface area contributed by atoms with Gasteiger partial charge in [-0.3, -0.25) is 5.10 Å². The maximum absolute atomic E-state index is 5.13. The lowest BCUT2D eigenvalue weighted by Crippen LogP contribution is -2.15. The van der Waals surface area contributed by atoms with Gasteiger partial charge in [-0.25, -0.2) is 0 Å². The first kappa shape index (κ1) is 9.58. The van der Waals surface area contributed by atoms with Crippen molar-refractivity contribution in [3.8, 4) is 0 Å². The molecule has 3 rings (SSSR count). The molecule has 2 saturated carbocycles. The fourth-order valence-corrected chi connectivity index (χ4v) is 3.57. The smallest absolute Gasteiger partial charge is 0.194 e. The molecule has 1 aromatic rings. The van der Waals surface area contributed by atoms with Crippen LogP contribution in [0.1, 0.15) is 31.5 Å². The number of nitrogens with one attached hydrogen (secondary N) is 1. The zero-order valence-electron chi connectivity index (χ0n) is 9.07. The maximum atomic E-state index is 5.13. The Labute approximate surface area is 94.9 Å². The Morgan fingerprint density at radius 2 is 2.33 bits per heavy atom. The molecule has 3 atom stereocenters. The van der Waals surface area contributed by atoms with E-state index in [4.69, 9.17) is 12.2 Å². The maximum Gasteiger partial charge on any atom is 0.194 e. The zero-order chi connectivity index (χ0) is 10.4. The number of H-pyrrole nitrogens is 1. The second-order valence-electron chi connectivity index (χ2n) is 5.14. The third-order valence-electron chi connectivity index (χ3n) is 4.30. The van der Waals surface area contributed by atoms with Crippen LogP contribution in [0.5, 0.6) is 0 Å². The molecule has 0 amide bonds. The minimum Gasteiger partial charge on any atom is -0.307 e. The van der Waals surface area contributed by atoms with Gasteiger partial charge in [0.15, 0.2) is 4.77 Å². The monoisotopic (exact) mass is 223 g/mol. The highest BCUT2D eigenvalue weighted by Crippen LogP contribution is 2.49. The largest absolute Gasteiger partial charge is 0.307 e. The second-order valence-corrected chi connectivity index (χ2v) is 5.53. The molecule has 3 nitrogen and oxygen atoms in total. The summed E-state index contributed by atoms with van der Waals surface area (Å²) in [5, 5.41) is 7.18. The van der Waals surface area contributed by atoms with Crippen molar-refractivity contribution >= 4 is 12.2 Å². The Kier molecular flexibility index (Phi) is 2.20. The molecule has 1 aromatic heterocycles. The Balaban J connectivity index is 1.76. The van der Waals surface area contributed by atoms with Gasteiger partial charge in [0, 0.05) is 13.5 Å². The molecule has 2 aliphatic carbocycles. The van der Waals surface area contributed by atoms with Gasteiger partial charge in [-0.1, -0.05) is 6.42 Å². The predicted molar refractivity (Wildman–Crippen MR) is 61.0 cm³/mol. The fourth-order valence-electron chi connectivity index (χ4n) is 3.42. The van der Waals surface area contributed by atoms with E-state index in [0.717, 1.165) is 34.8 Å². The molecule has 0 aliphatic heterocycles. The molecule has 0 spiro atoms. The van der Waals surface area contributed by atoms with Crippen LogP contribution in [-0.4, -0.2) is 14.8 Å². The Hall–Kier alpha value is -0.640. The molecule has 15 heavy (non-hydrogen) atoms. The van der Waals surface area contributed by atoms with E-state index in [2.05, 4.69) is 10.2 Å². The van der Waals surface area contributed by atoms with Crippen molar-refractivity contribution in [2.45, 2.75) is 32.1 Å². The summed E-state index contributed by atoms with van der Waals surface area (Å²) in [5.74, 6) is 4.00. The normalized spacial score (nSPS) is 33.8. The quantitative estimate of drug-likeness (QED) is 0.781. The van der Waals surface area contributed by atoms with Gasteiger partial charge in [0.25, 0.3) is 0 Å². The van der Waals surface area contributed by atoms with E-state index in [1.54, 1.807) is 0 Å². The first-order valence-corrected chi connectivity index (χ1v) is 6.25. The molecule has 2 fully saturated rings. The van der Waals surface area contributed by atoms with Crippen molar-refractivity contribution in [1.82, 2.24) is 14.8 Å². The molecule has 2 aliphatic rings. The SMILES string of the molecule is Cn1c(CC2CC3CCC2C3)n[nH]c1=S. The molecule has 1 heterocycles. The molecule has 0 radical (unpaired) electrons. The van der Waals surface area contributed by atoms with Gasteiger partial charge in [-0.15, -0.1) is 0 Å². The minimum atomic E-state index is 0.744. The summed E-state index contributed by atoms with van der Waals surface area (Å²) in [6, 6.07) is 0. The molecule has 3 unspecified atom stereocenters. The summed E-state index contributed by atoms with van der Waals surface area (Å²) in [6.45, 7) is 0. The van der Waals surface area contributed by atoms with Gasteiger partial charge in [0.1, 0.15) is 5.82 Å². The number of aromatic nitrogens is 3. The molecule has 82 valence electrons. The second kappa shape index (κ2) is 3.44. The van der Waals surface area contributed by atoms with E-state index in [-0.39, 0.29) is 0 Å². The van der Waals surface area contributed by atoms with Gasteiger partial charge in [0.2, 0.25) is 0 Å². The third kappa shape index (κ3) is 1.55. The lowest BCUT2D eigenvalue weighted by molar-refractivity contribution is 0.324. The molecule has 0 saturated heterocycles. The van der Waals surface area contributed by atoms with Gasteiger partial charge in [0.05, 0.1) is 0 Å². The highest BCUT2D eigenvalue weighted by atomic mass is 32.1. The van der Waals surface area contributed by atoms with Crippen molar-refractivity contribution in [2.75, 3.05) is 0 Å². The van der Waals surface area contributed by atoms with E-state index < -0.39 is 0 Å². The summed E-state index contributed by atoms with van der Waals surface area (Å²) >= 11 is 5.13. The van der Waals surface area contributed by atoms with Gasteiger partial charge < -0.3 is 4.57 Å². The average molecular weight is 223 g/mol. The Morgan fingerprint density at radius 3 is 2.87 bits per heavy atom. The molecular weight excluding hydrogens is 206 g/mol. The van der Waals surface area contributed by atoms with Crippen molar-refractivity contribution in [2.24, 2.45) is 24.8 Å². The van der Waals surface area contributed by atoms with Crippen LogP contribution in [0.4, 0.5) is 0 Å². The van der Waals surface area contributed by atoms with Crippen LogP contribution in [0, 0.1) is 22.5 Å². The lowest BCUT2D eigenvalue weighted by atomic mass is 9.86. The van der Waals surface area contributed by atoms with Crippen LogP contribution in [0.15, 0.2) is 0 Å². The topological polar surface area (TPSA) is 33.6 Å². The highest BCUT2D eigenvalue weighted by molar-refractivity contribution is 7.71. The predicted octanol–water partition coefficient (Wildman–Crippen LogP) is 2.46. The van der Waals surface area contributed by atoms with Gasteiger partial charge in [-0.05, 0) is 49.2 Å². The van der Waals surface area contributed by atoms with Crippen LogP contribution >= 0.6 is 12.2 Å². The van der Waals surface area contributed by atoms with E-state index in [1.165, 1.54) is 25.7 Å². The highest BCUT2D eigenvalue weighted by Gasteiger charge is 2.39. The standard InChI is InChI=1S/C11H17N3S/c1-14-10(12-13-11(14)15)6-9-5-7-2-3-8(9)4-7/h7-9H,2-6H2,1H3,(H,13,15). The summed E-state index contributed by atoms with van der Waals surface area (Å²) in [5.41, 5.74) is 0. The summed E-state index contributed by atoms with van der Waals surface area (Å²) < 4.78 is 2.76. The molecular formula is C11H17N3S. The number of rotatable bonds is 2. The molecule has 1 N–H and O–H groups in total. The molecule has 4 heteroatoms. The van der Waals surface area contributed by atoms with E-state index >= 15 is 0 Å². The van der Waals surface area contributed by atoms with Crippen molar-refractivity contribution in [3.63, 3.8) is 0 Å². The Morgan fingerprint density at radius 1 is 1.47 bits per heavy atom. The van der Waals surface area contributed by atoms with Crippen LogP contribution in [0.2, 0.25) is 0 Å². The van der Waals surface area contributed by atoms with E-state index in [0.29, 0.717) is 0 Å². The molecule has 2 bridgehead atoms. The summed E-state index contributed by atoms with van der Waals surface area (Å²) in [6.07, 6.45) is 6.93. The fraction of sp³-hybridized carbons (Fsp3) is 0.818. The lowest BCUT2D eigenvalue weighted by Gasteiger charge is -2.20. The van der Waals surface area contributed by atoms with E-state index in [1.807, 2.05) is 11.6 Å². The van der Waals surface area contributed by atoms with Crippen molar-refractivity contribution in [3.05, 3.63) is 10.6 Å². The molecule has 0 aromatic carbocycles. The van der Waals surface area contributed by atoms with E-state index in [9.17, 15) is 0 Å². The van der Waals surface area contributed by atoms with Crippen molar-refractivity contribution in [1.29, 1.82) is 0 Å². The number of aromatic amines is 1. The number of nitrogens with zero attached hydrogens (tertiary/aromatic N) is 2. The Bertz CT molecular complexity index is 420. The van der Waals surface area contributed by atoms with Gasteiger partial charge >= 0.3 is 0 Å². The number of hydrogen-bond donors (Lipinski definition) is 1. The first-order chi connectivity index (χ1) is 7.24. The number of fused-ring (bicyclic) bond motifs is 2. The zero-order valence-corrected chi connectivity index (χ0v) is 9.89. The van der Waals surface area contributed by atoms with Crippen LogP contribution < -0.4 is 0 Å². The van der Waals surface area contributed by atoms with Crippen LogP contribution in [0.3, 0.4) is 0 Å².